The van der Waals surface area contributed by atoms with Gasteiger partial charge in [0.05, 0.1) is 30.6 Å². The summed E-state index contributed by atoms with van der Waals surface area (Å²) >= 11 is 0. The van der Waals surface area contributed by atoms with E-state index in [0.29, 0.717) is 5.75 Å². The molecule has 1 aromatic heterocycles. The van der Waals surface area contributed by atoms with E-state index in [9.17, 15) is 9.18 Å². The summed E-state index contributed by atoms with van der Waals surface area (Å²) in [7, 11) is 1.63. The van der Waals surface area contributed by atoms with Gasteiger partial charge in [-0.25, -0.2) is 9.07 Å². The van der Waals surface area contributed by atoms with Gasteiger partial charge in [-0.05, 0) is 79.9 Å². The Balaban J connectivity index is 1.42. The predicted molar refractivity (Wildman–Crippen MR) is 137 cm³/mol. The molecule has 5 rings (SSSR count). The van der Waals surface area contributed by atoms with Crippen LogP contribution in [-0.4, -0.2) is 28.8 Å². The van der Waals surface area contributed by atoms with Crippen molar-refractivity contribution in [2.45, 2.75) is 44.8 Å². The van der Waals surface area contributed by atoms with Gasteiger partial charge in [-0.15, -0.1) is 0 Å². The van der Waals surface area contributed by atoms with Crippen molar-refractivity contribution in [1.29, 1.82) is 0 Å². The summed E-state index contributed by atoms with van der Waals surface area (Å²) in [6, 6.07) is 19.5. The molecule has 36 heavy (non-hydrogen) atoms. The third-order valence-electron chi connectivity index (χ3n) is 6.85. The van der Waals surface area contributed by atoms with Crippen molar-refractivity contribution in [2.75, 3.05) is 7.11 Å². The van der Waals surface area contributed by atoms with Crippen molar-refractivity contribution in [3.8, 4) is 17.2 Å². The number of fused-ring (bicyclic) bond motifs is 1. The van der Waals surface area contributed by atoms with Crippen LogP contribution < -0.4 is 14.8 Å². The van der Waals surface area contributed by atoms with Gasteiger partial charge >= 0.3 is 0 Å². The van der Waals surface area contributed by atoms with E-state index < -0.39 is 6.10 Å². The number of hydrogen-bond donors (Lipinski definition) is 1. The average Bonchev–Trinajstić information content (AvgIpc) is 3.58. The highest BCUT2D eigenvalue weighted by molar-refractivity contribution is 5.82. The molecule has 1 N–H and O–H groups in total. The summed E-state index contributed by atoms with van der Waals surface area (Å²) < 4.78 is 27.1. The first-order valence-electron chi connectivity index (χ1n) is 12.4. The number of ether oxygens (including phenoxy) is 2. The van der Waals surface area contributed by atoms with E-state index in [-0.39, 0.29) is 23.7 Å². The number of nitrogens with one attached hydrogen (secondary N) is 1. The van der Waals surface area contributed by atoms with Gasteiger partial charge in [0, 0.05) is 11.3 Å². The molecule has 3 aromatic carbocycles. The zero-order chi connectivity index (χ0) is 25.1. The summed E-state index contributed by atoms with van der Waals surface area (Å²) in [6.07, 6.45) is 5.43. The Kier molecular flexibility index (Phi) is 6.89. The number of methoxy groups -OCH3 is 1. The number of halogens is 1. The lowest BCUT2D eigenvalue weighted by atomic mass is 10.0. The molecule has 1 aliphatic carbocycles. The van der Waals surface area contributed by atoms with Gasteiger partial charge in [-0.2, -0.15) is 5.10 Å². The summed E-state index contributed by atoms with van der Waals surface area (Å²) in [4.78, 5) is 12.9. The fourth-order valence-corrected chi connectivity index (χ4v) is 4.90. The zero-order valence-electron chi connectivity index (χ0n) is 20.5. The minimum atomic E-state index is -0.421. The molecule has 0 radical (unpaired) electrons. The Morgan fingerprint density at radius 1 is 1.06 bits per heavy atom. The fraction of sp³-hybridized carbons (Fsp3) is 0.310. The minimum Gasteiger partial charge on any atom is -0.497 e. The van der Waals surface area contributed by atoms with Crippen molar-refractivity contribution >= 4 is 16.8 Å². The zero-order valence-corrected chi connectivity index (χ0v) is 20.5. The predicted octanol–water partition coefficient (Wildman–Crippen LogP) is 5.99. The summed E-state index contributed by atoms with van der Waals surface area (Å²) in [6.45, 7) is 1.97. The van der Waals surface area contributed by atoms with Crippen molar-refractivity contribution in [3.63, 3.8) is 0 Å². The SMILES string of the molecule is COc1cccc(C(Oc2ccc3c(cnn3-c3ccc(F)cc3)c2)C(C)NC(=O)C2CCCC2)c1. The molecule has 0 saturated heterocycles. The molecule has 2 atom stereocenters. The Bertz CT molecular complexity index is 1350. The van der Waals surface area contributed by atoms with Crippen LogP contribution in [0.2, 0.25) is 0 Å². The topological polar surface area (TPSA) is 65.4 Å². The smallest absolute Gasteiger partial charge is 0.223 e. The molecular weight excluding hydrogens is 457 g/mol. The molecule has 1 fully saturated rings. The minimum absolute atomic E-state index is 0.0760. The summed E-state index contributed by atoms with van der Waals surface area (Å²) in [5.41, 5.74) is 2.57. The van der Waals surface area contributed by atoms with Crippen LogP contribution in [-0.2, 0) is 4.79 Å². The molecule has 0 spiro atoms. The molecule has 7 heteroatoms. The van der Waals surface area contributed by atoms with Crippen LogP contribution in [0.3, 0.4) is 0 Å². The number of amides is 1. The molecule has 1 amide bonds. The van der Waals surface area contributed by atoms with Crippen molar-refractivity contribution in [1.82, 2.24) is 15.1 Å². The van der Waals surface area contributed by atoms with Gasteiger partial charge in [0.1, 0.15) is 23.4 Å². The highest BCUT2D eigenvalue weighted by Gasteiger charge is 2.28. The molecule has 1 heterocycles. The second-order valence-corrected chi connectivity index (χ2v) is 9.35. The first-order valence-corrected chi connectivity index (χ1v) is 12.4. The largest absolute Gasteiger partial charge is 0.497 e. The van der Waals surface area contributed by atoms with Gasteiger partial charge in [0.2, 0.25) is 5.91 Å². The average molecular weight is 488 g/mol. The molecule has 6 nitrogen and oxygen atoms in total. The lowest BCUT2D eigenvalue weighted by molar-refractivity contribution is -0.126. The summed E-state index contributed by atoms with van der Waals surface area (Å²) in [5.74, 6) is 1.27. The fourth-order valence-electron chi connectivity index (χ4n) is 4.90. The molecule has 186 valence electrons. The van der Waals surface area contributed by atoms with Crippen molar-refractivity contribution < 1.29 is 18.7 Å². The molecule has 4 aromatic rings. The third kappa shape index (κ3) is 5.05. The number of benzene rings is 3. The van der Waals surface area contributed by atoms with Crippen molar-refractivity contribution in [2.24, 2.45) is 5.92 Å². The highest BCUT2D eigenvalue weighted by Crippen LogP contribution is 2.31. The molecular formula is C29H30FN3O3. The van der Waals surface area contributed by atoms with E-state index >= 15 is 0 Å². The maximum Gasteiger partial charge on any atom is 0.223 e. The normalized spacial score (nSPS) is 15.5. The number of aromatic nitrogens is 2. The second kappa shape index (κ2) is 10.4. The van der Waals surface area contributed by atoms with Crippen LogP contribution in [0.25, 0.3) is 16.6 Å². The molecule has 1 aliphatic rings. The molecule has 1 saturated carbocycles. The second-order valence-electron chi connectivity index (χ2n) is 9.35. The van der Waals surface area contributed by atoms with Gasteiger partial charge in [-0.1, -0.05) is 25.0 Å². The number of carbonyl (C=O) groups excluding carboxylic acids is 1. The standard InChI is InChI=1S/C29H30FN3O3/c1-19(32-29(34)20-6-3-4-7-20)28(21-8-5-9-25(16-21)35-2)36-26-14-15-27-22(17-26)18-31-33(27)24-12-10-23(30)11-13-24/h5,8-20,28H,3-4,6-7H2,1-2H3,(H,32,34). The van der Waals surface area contributed by atoms with Gasteiger partial charge in [0.25, 0.3) is 0 Å². The maximum atomic E-state index is 13.4. The van der Waals surface area contributed by atoms with Crippen LogP contribution >= 0.6 is 0 Å². The maximum absolute atomic E-state index is 13.4. The van der Waals surface area contributed by atoms with Crippen LogP contribution in [0.1, 0.15) is 44.3 Å². The van der Waals surface area contributed by atoms with Crippen LogP contribution in [0.5, 0.6) is 11.5 Å². The highest BCUT2D eigenvalue weighted by atomic mass is 19.1. The Morgan fingerprint density at radius 2 is 1.83 bits per heavy atom. The first-order chi connectivity index (χ1) is 17.5. The monoisotopic (exact) mass is 487 g/mol. The van der Waals surface area contributed by atoms with E-state index in [2.05, 4.69) is 10.4 Å². The van der Waals surface area contributed by atoms with Crippen LogP contribution in [0.4, 0.5) is 4.39 Å². The number of rotatable bonds is 8. The van der Waals surface area contributed by atoms with Crippen LogP contribution in [0.15, 0.2) is 72.9 Å². The van der Waals surface area contributed by atoms with Gasteiger partial charge in [-0.3, -0.25) is 4.79 Å². The lowest BCUT2D eigenvalue weighted by Crippen LogP contribution is -2.41. The third-order valence-corrected chi connectivity index (χ3v) is 6.85. The Labute approximate surface area is 210 Å². The van der Waals surface area contributed by atoms with E-state index in [1.165, 1.54) is 12.1 Å². The number of hydrogen-bond acceptors (Lipinski definition) is 4. The van der Waals surface area contributed by atoms with Crippen molar-refractivity contribution in [3.05, 3.63) is 84.3 Å². The van der Waals surface area contributed by atoms with E-state index in [1.807, 2.05) is 49.4 Å². The Morgan fingerprint density at radius 3 is 2.58 bits per heavy atom. The first kappa shape index (κ1) is 23.9. The van der Waals surface area contributed by atoms with E-state index in [4.69, 9.17) is 9.47 Å². The Hall–Kier alpha value is -3.87. The van der Waals surface area contributed by atoms with Crippen LogP contribution in [0, 0.1) is 11.7 Å². The van der Waals surface area contributed by atoms with Gasteiger partial charge < -0.3 is 14.8 Å². The molecule has 0 bridgehead atoms. The summed E-state index contributed by atoms with van der Waals surface area (Å²) in [5, 5.41) is 8.57. The lowest BCUT2D eigenvalue weighted by Gasteiger charge is -2.28. The molecule has 0 aliphatic heterocycles. The molecule has 2 unspecified atom stereocenters. The van der Waals surface area contributed by atoms with Gasteiger partial charge in [0.15, 0.2) is 0 Å². The number of nitrogens with zero attached hydrogens (tertiary/aromatic N) is 2. The number of carbonyl (C=O) groups is 1. The van der Waals surface area contributed by atoms with E-state index in [1.54, 1.807) is 30.1 Å². The quantitative estimate of drug-likeness (QED) is 0.332. The van der Waals surface area contributed by atoms with E-state index in [0.717, 1.165) is 53.6 Å².